The van der Waals surface area contributed by atoms with E-state index in [4.69, 9.17) is 0 Å². The fourth-order valence-electron chi connectivity index (χ4n) is 3.27. The lowest BCUT2D eigenvalue weighted by Crippen LogP contribution is -2.56. The Balaban J connectivity index is 2.16. The highest BCUT2D eigenvalue weighted by atomic mass is 32.2. The average molecular weight is 289 g/mol. The Bertz CT molecular complexity index is 383. The standard InChI is InChI=1S/C13H27N3O2S/c1-12-7-3-5-9-15(12)19(17,18)16-10-6-4-8-13(16)11-14-2/h12-14H,3-11H2,1-2H3. The molecule has 2 saturated heterocycles. The zero-order chi connectivity index (χ0) is 13.9. The molecule has 2 aliphatic rings. The van der Waals surface area contributed by atoms with E-state index in [1.807, 2.05) is 14.0 Å². The van der Waals surface area contributed by atoms with Crippen molar-refractivity contribution in [3.8, 4) is 0 Å². The minimum atomic E-state index is -3.28. The van der Waals surface area contributed by atoms with Crippen LogP contribution in [0.5, 0.6) is 0 Å². The molecule has 19 heavy (non-hydrogen) atoms. The minimum absolute atomic E-state index is 0.123. The van der Waals surface area contributed by atoms with Crippen LogP contribution in [0.3, 0.4) is 0 Å². The summed E-state index contributed by atoms with van der Waals surface area (Å²) in [6, 6.07) is 0.272. The maximum atomic E-state index is 12.9. The first-order valence-corrected chi connectivity index (χ1v) is 8.90. The zero-order valence-corrected chi connectivity index (χ0v) is 13.0. The van der Waals surface area contributed by atoms with E-state index in [2.05, 4.69) is 5.32 Å². The van der Waals surface area contributed by atoms with Crippen molar-refractivity contribution in [3.05, 3.63) is 0 Å². The zero-order valence-electron chi connectivity index (χ0n) is 12.1. The SMILES string of the molecule is CNCC1CCCCN1S(=O)(=O)N1CCCCC1C. The Kier molecular flexibility index (Phi) is 5.22. The van der Waals surface area contributed by atoms with Gasteiger partial charge < -0.3 is 5.32 Å². The molecule has 0 aromatic carbocycles. The van der Waals surface area contributed by atoms with Crippen LogP contribution in [0.4, 0.5) is 0 Å². The van der Waals surface area contributed by atoms with Gasteiger partial charge in [-0.15, -0.1) is 0 Å². The van der Waals surface area contributed by atoms with Crippen molar-refractivity contribution in [1.82, 2.24) is 13.9 Å². The predicted octanol–water partition coefficient (Wildman–Crippen LogP) is 1.18. The lowest BCUT2D eigenvalue weighted by atomic mass is 10.1. The van der Waals surface area contributed by atoms with E-state index < -0.39 is 10.2 Å². The van der Waals surface area contributed by atoms with Gasteiger partial charge in [0.25, 0.3) is 10.2 Å². The summed E-state index contributed by atoms with van der Waals surface area (Å²) in [5.41, 5.74) is 0. The molecule has 6 heteroatoms. The quantitative estimate of drug-likeness (QED) is 0.845. The minimum Gasteiger partial charge on any atom is -0.318 e. The largest absolute Gasteiger partial charge is 0.318 e. The van der Waals surface area contributed by atoms with Gasteiger partial charge in [0.15, 0.2) is 0 Å². The molecule has 2 fully saturated rings. The molecule has 5 nitrogen and oxygen atoms in total. The van der Waals surface area contributed by atoms with Gasteiger partial charge >= 0.3 is 0 Å². The molecule has 2 heterocycles. The Morgan fingerprint density at radius 2 is 1.68 bits per heavy atom. The molecule has 0 radical (unpaired) electrons. The molecular formula is C13H27N3O2S. The van der Waals surface area contributed by atoms with Crippen molar-refractivity contribution < 1.29 is 8.42 Å². The van der Waals surface area contributed by atoms with Gasteiger partial charge in [0, 0.05) is 31.7 Å². The van der Waals surface area contributed by atoms with Crippen LogP contribution in [0.15, 0.2) is 0 Å². The van der Waals surface area contributed by atoms with E-state index in [-0.39, 0.29) is 12.1 Å². The van der Waals surface area contributed by atoms with Crippen molar-refractivity contribution >= 4 is 10.2 Å². The monoisotopic (exact) mass is 289 g/mol. The second-order valence-electron chi connectivity index (χ2n) is 5.78. The van der Waals surface area contributed by atoms with Crippen LogP contribution >= 0.6 is 0 Å². The number of rotatable bonds is 4. The third-order valence-electron chi connectivity index (χ3n) is 4.35. The molecule has 0 amide bonds. The average Bonchev–Trinajstić information content (AvgIpc) is 2.40. The summed E-state index contributed by atoms with van der Waals surface area (Å²) < 4.78 is 29.2. The van der Waals surface area contributed by atoms with Crippen LogP contribution in [0.1, 0.15) is 45.4 Å². The fraction of sp³-hybridized carbons (Fsp3) is 1.00. The Labute approximate surface area is 117 Å². The summed E-state index contributed by atoms with van der Waals surface area (Å²) >= 11 is 0. The van der Waals surface area contributed by atoms with Gasteiger partial charge in [-0.1, -0.05) is 12.8 Å². The third-order valence-corrected chi connectivity index (χ3v) is 6.56. The van der Waals surface area contributed by atoms with E-state index in [1.54, 1.807) is 8.61 Å². The van der Waals surface area contributed by atoms with Crippen molar-refractivity contribution in [3.63, 3.8) is 0 Å². The summed E-state index contributed by atoms with van der Waals surface area (Å²) in [5.74, 6) is 0. The van der Waals surface area contributed by atoms with Gasteiger partial charge in [0.2, 0.25) is 0 Å². The maximum absolute atomic E-state index is 12.9. The molecule has 0 bridgehead atoms. The summed E-state index contributed by atoms with van der Waals surface area (Å²) in [4.78, 5) is 0. The summed E-state index contributed by atoms with van der Waals surface area (Å²) in [5, 5.41) is 3.13. The van der Waals surface area contributed by atoms with Gasteiger partial charge in [-0.2, -0.15) is 17.0 Å². The van der Waals surface area contributed by atoms with Crippen molar-refractivity contribution in [2.45, 2.75) is 57.5 Å². The first-order valence-electron chi connectivity index (χ1n) is 7.50. The van der Waals surface area contributed by atoms with Crippen LogP contribution in [0.25, 0.3) is 0 Å². The Morgan fingerprint density at radius 3 is 2.32 bits per heavy atom. The lowest BCUT2D eigenvalue weighted by molar-refractivity contribution is 0.201. The molecule has 0 saturated carbocycles. The smallest absolute Gasteiger partial charge is 0.282 e. The summed E-state index contributed by atoms with van der Waals surface area (Å²) in [6.07, 6.45) is 6.23. The summed E-state index contributed by atoms with van der Waals surface area (Å²) in [7, 11) is -1.39. The number of nitrogens with one attached hydrogen (secondary N) is 1. The fourth-order valence-corrected chi connectivity index (χ4v) is 5.37. The normalized spacial score (nSPS) is 31.5. The molecular weight excluding hydrogens is 262 g/mol. The van der Waals surface area contributed by atoms with Crippen LogP contribution in [0, 0.1) is 0 Å². The number of hydrogen-bond acceptors (Lipinski definition) is 3. The number of hydrogen-bond donors (Lipinski definition) is 1. The highest BCUT2D eigenvalue weighted by molar-refractivity contribution is 7.86. The third kappa shape index (κ3) is 3.29. The van der Waals surface area contributed by atoms with Gasteiger partial charge in [-0.25, -0.2) is 0 Å². The van der Waals surface area contributed by atoms with E-state index >= 15 is 0 Å². The topological polar surface area (TPSA) is 52.7 Å². The number of piperidine rings is 2. The van der Waals surface area contributed by atoms with E-state index in [0.717, 1.165) is 45.1 Å². The van der Waals surface area contributed by atoms with Crippen LogP contribution in [-0.4, -0.2) is 55.8 Å². The first-order chi connectivity index (χ1) is 9.07. The molecule has 1 N–H and O–H groups in total. The van der Waals surface area contributed by atoms with Crippen LogP contribution in [0.2, 0.25) is 0 Å². The molecule has 2 rings (SSSR count). The Hall–Kier alpha value is -0.170. The van der Waals surface area contributed by atoms with E-state index in [9.17, 15) is 8.42 Å². The maximum Gasteiger partial charge on any atom is 0.282 e. The van der Waals surface area contributed by atoms with E-state index in [0.29, 0.717) is 13.1 Å². The molecule has 2 unspecified atom stereocenters. The molecule has 0 aliphatic carbocycles. The molecule has 0 aromatic heterocycles. The van der Waals surface area contributed by atoms with Gasteiger partial charge in [0.1, 0.15) is 0 Å². The van der Waals surface area contributed by atoms with Crippen molar-refractivity contribution in [2.75, 3.05) is 26.7 Å². The molecule has 2 aliphatic heterocycles. The highest BCUT2D eigenvalue weighted by Gasteiger charge is 2.38. The highest BCUT2D eigenvalue weighted by Crippen LogP contribution is 2.27. The van der Waals surface area contributed by atoms with E-state index in [1.165, 1.54) is 0 Å². The van der Waals surface area contributed by atoms with Crippen molar-refractivity contribution in [2.24, 2.45) is 0 Å². The van der Waals surface area contributed by atoms with Gasteiger partial charge in [-0.3, -0.25) is 0 Å². The molecule has 2 atom stereocenters. The molecule has 112 valence electrons. The van der Waals surface area contributed by atoms with Gasteiger partial charge in [0.05, 0.1) is 0 Å². The molecule has 0 spiro atoms. The molecule has 0 aromatic rings. The Morgan fingerprint density at radius 1 is 1.05 bits per heavy atom. The van der Waals surface area contributed by atoms with Gasteiger partial charge in [-0.05, 0) is 39.7 Å². The summed E-state index contributed by atoms with van der Waals surface area (Å²) in [6.45, 7) is 4.15. The second kappa shape index (κ2) is 6.52. The number of nitrogens with zero attached hydrogens (tertiary/aromatic N) is 2. The van der Waals surface area contributed by atoms with Crippen LogP contribution < -0.4 is 5.32 Å². The van der Waals surface area contributed by atoms with Crippen LogP contribution in [-0.2, 0) is 10.2 Å². The predicted molar refractivity (Wildman–Crippen MR) is 77.2 cm³/mol. The second-order valence-corrected chi connectivity index (χ2v) is 7.62. The lowest BCUT2D eigenvalue weighted by Gasteiger charge is -2.41. The van der Waals surface area contributed by atoms with Crippen molar-refractivity contribution in [1.29, 1.82) is 0 Å². The first kappa shape index (κ1) is 15.2. The number of likely N-dealkylation sites (N-methyl/N-ethyl adjacent to an activating group) is 1.